The summed E-state index contributed by atoms with van der Waals surface area (Å²) >= 11 is 0. The van der Waals surface area contributed by atoms with Gasteiger partial charge in [0, 0.05) is 61.7 Å². The number of hydrogen-bond donors (Lipinski definition) is 3. The van der Waals surface area contributed by atoms with Crippen molar-refractivity contribution in [3.63, 3.8) is 0 Å². The van der Waals surface area contributed by atoms with Gasteiger partial charge in [-0.05, 0) is 42.7 Å². The molecule has 208 valence electrons. The summed E-state index contributed by atoms with van der Waals surface area (Å²) in [6.45, 7) is 1.36. The van der Waals surface area contributed by atoms with Crippen molar-refractivity contribution >= 4 is 28.7 Å². The summed E-state index contributed by atoms with van der Waals surface area (Å²) in [7, 11) is 4.96. The van der Waals surface area contributed by atoms with E-state index in [1.165, 1.54) is 4.90 Å². The van der Waals surface area contributed by atoms with Crippen LogP contribution in [0.15, 0.2) is 60.9 Å². The van der Waals surface area contributed by atoms with Crippen LogP contribution in [-0.4, -0.2) is 84.0 Å². The lowest BCUT2D eigenvalue weighted by Gasteiger charge is -2.20. The molecule has 0 spiro atoms. The van der Waals surface area contributed by atoms with Gasteiger partial charge in [0.15, 0.2) is 0 Å². The standard InChI is InChI=1S/C30H33N5O5/c1-34(2)29(37)23-15-19(10-11-25(23)33-30(38)40-14-13-35-12-6-9-27(35)36)20-16-22-24(18-32-28(22)31-17-20)21-7-4-5-8-26(21)39-3/h4-5,7-8,10-11,15-18,27,36H,6,9,12-14H2,1-3H3,(H,31,32)(H,33,38). The first-order valence-electron chi connectivity index (χ1n) is 13.2. The van der Waals surface area contributed by atoms with E-state index in [1.54, 1.807) is 39.5 Å². The Kier molecular flexibility index (Phi) is 7.99. The van der Waals surface area contributed by atoms with E-state index in [0.717, 1.165) is 58.4 Å². The van der Waals surface area contributed by atoms with Crippen LogP contribution < -0.4 is 10.1 Å². The molecule has 1 atom stereocenters. The first-order chi connectivity index (χ1) is 19.4. The topological polar surface area (TPSA) is 120 Å². The number of hydrogen-bond acceptors (Lipinski definition) is 7. The summed E-state index contributed by atoms with van der Waals surface area (Å²) in [4.78, 5) is 36.8. The third kappa shape index (κ3) is 5.63. The first-order valence-corrected chi connectivity index (χ1v) is 13.2. The van der Waals surface area contributed by atoms with Crippen molar-refractivity contribution in [1.82, 2.24) is 19.8 Å². The molecule has 0 radical (unpaired) electrons. The molecule has 0 saturated carbocycles. The number of pyridine rings is 1. The Labute approximate surface area is 232 Å². The Morgan fingerprint density at radius 2 is 1.98 bits per heavy atom. The minimum atomic E-state index is -0.661. The van der Waals surface area contributed by atoms with Crippen LogP contribution in [0, 0.1) is 0 Å². The highest BCUT2D eigenvalue weighted by Gasteiger charge is 2.22. The van der Waals surface area contributed by atoms with Gasteiger partial charge in [-0.25, -0.2) is 9.78 Å². The van der Waals surface area contributed by atoms with Crippen molar-refractivity contribution in [2.45, 2.75) is 19.1 Å². The van der Waals surface area contributed by atoms with Gasteiger partial charge in [0.25, 0.3) is 5.91 Å². The molecule has 1 fully saturated rings. The summed E-state index contributed by atoms with van der Waals surface area (Å²) in [5.74, 6) is 0.495. The van der Waals surface area contributed by atoms with Gasteiger partial charge >= 0.3 is 6.09 Å². The molecule has 3 heterocycles. The summed E-state index contributed by atoms with van der Waals surface area (Å²) < 4.78 is 10.9. The summed E-state index contributed by atoms with van der Waals surface area (Å²) in [5, 5.41) is 13.5. The van der Waals surface area contributed by atoms with E-state index in [0.29, 0.717) is 17.8 Å². The van der Waals surface area contributed by atoms with Crippen LogP contribution in [0.25, 0.3) is 33.3 Å². The summed E-state index contributed by atoms with van der Waals surface area (Å²) in [6, 6.07) is 15.1. The van der Waals surface area contributed by atoms with Crippen LogP contribution in [0.1, 0.15) is 23.2 Å². The van der Waals surface area contributed by atoms with Gasteiger partial charge in [0.2, 0.25) is 0 Å². The molecule has 10 nitrogen and oxygen atoms in total. The minimum absolute atomic E-state index is 0.134. The number of fused-ring (bicyclic) bond motifs is 1. The molecule has 10 heteroatoms. The lowest BCUT2D eigenvalue weighted by Crippen LogP contribution is -2.33. The van der Waals surface area contributed by atoms with Gasteiger partial charge in [0.1, 0.15) is 24.2 Å². The fourth-order valence-corrected chi connectivity index (χ4v) is 4.97. The number of ether oxygens (including phenoxy) is 2. The highest BCUT2D eigenvalue weighted by molar-refractivity contribution is 6.04. The van der Waals surface area contributed by atoms with Crippen molar-refractivity contribution in [2.24, 2.45) is 0 Å². The number of aliphatic hydroxyl groups is 1. The molecule has 1 aliphatic heterocycles. The van der Waals surface area contributed by atoms with E-state index < -0.39 is 12.3 Å². The number of methoxy groups -OCH3 is 1. The Morgan fingerprint density at radius 3 is 2.73 bits per heavy atom. The number of aliphatic hydroxyl groups excluding tert-OH is 1. The average Bonchev–Trinajstić information content (AvgIpc) is 3.58. The molecule has 1 unspecified atom stereocenters. The molecule has 0 bridgehead atoms. The number of carbonyl (C=O) groups is 2. The molecule has 1 aliphatic rings. The quantitative estimate of drug-likeness (QED) is 0.298. The number of aromatic nitrogens is 2. The number of nitrogens with zero attached hydrogens (tertiary/aromatic N) is 3. The van der Waals surface area contributed by atoms with Crippen LogP contribution in [0.2, 0.25) is 0 Å². The van der Waals surface area contributed by atoms with Crippen molar-refractivity contribution in [2.75, 3.05) is 46.2 Å². The molecule has 4 aromatic rings. The molecule has 5 rings (SSSR count). The molecule has 3 N–H and O–H groups in total. The van der Waals surface area contributed by atoms with Crippen LogP contribution in [0.5, 0.6) is 5.75 Å². The van der Waals surface area contributed by atoms with Crippen molar-refractivity contribution < 1.29 is 24.2 Å². The van der Waals surface area contributed by atoms with E-state index >= 15 is 0 Å². The Hall–Kier alpha value is -4.41. The van der Waals surface area contributed by atoms with Gasteiger partial charge in [-0.3, -0.25) is 15.0 Å². The van der Waals surface area contributed by atoms with Crippen molar-refractivity contribution in [3.05, 3.63) is 66.5 Å². The number of likely N-dealkylation sites (tertiary alicyclic amines) is 1. The van der Waals surface area contributed by atoms with E-state index in [2.05, 4.69) is 15.3 Å². The normalized spacial score (nSPS) is 15.2. The summed E-state index contributed by atoms with van der Waals surface area (Å²) in [6.07, 6.45) is 4.15. The predicted octanol–water partition coefficient (Wildman–Crippen LogP) is 4.57. The number of para-hydroxylation sites is 1. The van der Waals surface area contributed by atoms with Gasteiger partial charge < -0.3 is 24.5 Å². The molecule has 2 aromatic heterocycles. The maximum absolute atomic E-state index is 13.1. The van der Waals surface area contributed by atoms with Crippen LogP contribution >= 0.6 is 0 Å². The highest BCUT2D eigenvalue weighted by Crippen LogP contribution is 2.36. The molecule has 2 aromatic carbocycles. The smallest absolute Gasteiger partial charge is 0.411 e. The maximum Gasteiger partial charge on any atom is 0.411 e. The summed E-state index contributed by atoms with van der Waals surface area (Å²) in [5.41, 5.74) is 4.89. The van der Waals surface area contributed by atoms with E-state index in [9.17, 15) is 14.7 Å². The Morgan fingerprint density at radius 1 is 1.15 bits per heavy atom. The molecular formula is C30H33N5O5. The van der Waals surface area contributed by atoms with Gasteiger partial charge in [-0.15, -0.1) is 0 Å². The predicted molar refractivity (Wildman–Crippen MR) is 153 cm³/mol. The second-order valence-corrected chi connectivity index (χ2v) is 9.90. The third-order valence-corrected chi connectivity index (χ3v) is 7.10. The molecule has 40 heavy (non-hydrogen) atoms. The zero-order valence-corrected chi connectivity index (χ0v) is 22.8. The fraction of sp³-hybridized carbons (Fsp3) is 0.300. The molecule has 2 amide bonds. The second-order valence-electron chi connectivity index (χ2n) is 9.90. The number of anilines is 1. The van der Waals surface area contributed by atoms with Gasteiger partial charge in [-0.2, -0.15) is 0 Å². The van der Waals surface area contributed by atoms with E-state index in [-0.39, 0.29) is 12.5 Å². The Balaban J connectivity index is 1.41. The molecule has 1 saturated heterocycles. The Bertz CT molecular complexity index is 1530. The molecule has 0 aliphatic carbocycles. The number of carbonyl (C=O) groups excluding carboxylic acids is 2. The van der Waals surface area contributed by atoms with Crippen molar-refractivity contribution in [3.8, 4) is 28.0 Å². The zero-order valence-electron chi connectivity index (χ0n) is 22.8. The third-order valence-electron chi connectivity index (χ3n) is 7.10. The van der Waals surface area contributed by atoms with Crippen LogP contribution in [0.4, 0.5) is 10.5 Å². The van der Waals surface area contributed by atoms with E-state index in [4.69, 9.17) is 9.47 Å². The first kappa shape index (κ1) is 27.2. The fourth-order valence-electron chi connectivity index (χ4n) is 4.97. The number of aromatic amines is 1. The monoisotopic (exact) mass is 543 g/mol. The average molecular weight is 544 g/mol. The minimum Gasteiger partial charge on any atom is -0.496 e. The highest BCUT2D eigenvalue weighted by atomic mass is 16.5. The zero-order chi connectivity index (χ0) is 28.2. The molecular weight excluding hydrogens is 510 g/mol. The number of amides is 2. The number of rotatable bonds is 8. The van der Waals surface area contributed by atoms with Crippen LogP contribution in [0.3, 0.4) is 0 Å². The lowest BCUT2D eigenvalue weighted by molar-refractivity contribution is 0.0254. The SMILES string of the molecule is COc1ccccc1-c1c[nH]c2ncc(-c3ccc(NC(=O)OCCN4CCCC4O)c(C(=O)N(C)C)c3)cc12. The van der Waals surface area contributed by atoms with Crippen molar-refractivity contribution in [1.29, 1.82) is 0 Å². The van der Waals surface area contributed by atoms with Gasteiger partial charge in [0.05, 0.1) is 18.4 Å². The maximum atomic E-state index is 13.1. The number of benzene rings is 2. The largest absolute Gasteiger partial charge is 0.496 e. The number of H-pyrrole nitrogens is 1. The van der Waals surface area contributed by atoms with E-state index in [1.807, 2.05) is 47.5 Å². The number of nitrogens with one attached hydrogen (secondary N) is 2. The van der Waals surface area contributed by atoms with Gasteiger partial charge in [-0.1, -0.05) is 24.3 Å². The van der Waals surface area contributed by atoms with Crippen LogP contribution in [-0.2, 0) is 4.74 Å². The second kappa shape index (κ2) is 11.8. The lowest BCUT2D eigenvalue weighted by atomic mass is 9.99.